The highest BCUT2D eigenvalue weighted by molar-refractivity contribution is 5.78. The normalized spacial score (nSPS) is 15.5. The third-order valence-corrected chi connectivity index (χ3v) is 4.72. The van der Waals surface area contributed by atoms with Gasteiger partial charge in [0.25, 0.3) is 0 Å². The van der Waals surface area contributed by atoms with Crippen molar-refractivity contribution in [3.63, 3.8) is 0 Å². The highest BCUT2D eigenvalue weighted by atomic mass is 19.3. The van der Waals surface area contributed by atoms with Crippen LogP contribution in [0.1, 0.15) is 11.1 Å². The molecule has 1 aliphatic heterocycles. The van der Waals surface area contributed by atoms with E-state index in [0.717, 1.165) is 38.3 Å². The maximum absolute atomic E-state index is 12.2. The molecule has 7 heteroatoms. The van der Waals surface area contributed by atoms with Crippen LogP contribution < -0.4 is 10.1 Å². The predicted molar refractivity (Wildman–Crippen MR) is 103 cm³/mol. The van der Waals surface area contributed by atoms with Crippen molar-refractivity contribution in [3.8, 4) is 5.75 Å². The van der Waals surface area contributed by atoms with Gasteiger partial charge in [-0.25, -0.2) is 0 Å². The second kappa shape index (κ2) is 10.1. The summed E-state index contributed by atoms with van der Waals surface area (Å²) in [5.41, 5.74) is 2.14. The Morgan fingerprint density at radius 3 is 2.21 bits per heavy atom. The minimum atomic E-state index is -2.83. The molecule has 2 aromatic carbocycles. The van der Waals surface area contributed by atoms with E-state index in [-0.39, 0.29) is 11.7 Å². The van der Waals surface area contributed by atoms with Gasteiger partial charge in [0.05, 0.1) is 6.54 Å². The van der Waals surface area contributed by atoms with Gasteiger partial charge in [0, 0.05) is 39.3 Å². The van der Waals surface area contributed by atoms with Crippen molar-refractivity contribution in [1.29, 1.82) is 0 Å². The smallest absolute Gasteiger partial charge is 0.387 e. The molecule has 1 amide bonds. The first-order valence-electron chi connectivity index (χ1n) is 9.37. The summed E-state index contributed by atoms with van der Waals surface area (Å²) < 4.78 is 28.6. The fraction of sp³-hybridized carbons (Fsp3) is 0.381. The Bertz CT molecular complexity index is 733. The number of nitrogens with one attached hydrogen (secondary N) is 1. The summed E-state index contributed by atoms with van der Waals surface area (Å²) >= 11 is 0. The quantitative estimate of drug-likeness (QED) is 0.754. The zero-order valence-corrected chi connectivity index (χ0v) is 15.7. The minimum absolute atomic E-state index is 0.0376. The molecule has 0 aliphatic carbocycles. The SMILES string of the molecule is O=C(CN1CCN(Cc2ccccc2)CC1)NCc1ccc(OC(F)F)cc1. The Labute approximate surface area is 163 Å². The summed E-state index contributed by atoms with van der Waals surface area (Å²) in [6.45, 7) is 2.43. The molecule has 1 fully saturated rings. The van der Waals surface area contributed by atoms with E-state index in [0.29, 0.717) is 13.1 Å². The van der Waals surface area contributed by atoms with E-state index in [4.69, 9.17) is 0 Å². The Morgan fingerprint density at radius 2 is 1.57 bits per heavy atom. The Balaban J connectivity index is 1.35. The lowest BCUT2D eigenvalue weighted by atomic mass is 10.2. The average Bonchev–Trinajstić information content (AvgIpc) is 2.69. The van der Waals surface area contributed by atoms with Gasteiger partial charge in [0.15, 0.2) is 0 Å². The molecule has 2 aromatic rings. The van der Waals surface area contributed by atoms with Crippen LogP contribution in [0.5, 0.6) is 5.75 Å². The average molecular weight is 389 g/mol. The Kier molecular flexibility index (Phi) is 7.33. The van der Waals surface area contributed by atoms with Crippen LogP contribution in [0, 0.1) is 0 Å². The second-order valence-electron chi connectivity index (χ2n) is 6.84. The van der Waals surface area contributed by atoms with Crippen LogP contribution in [0.3, 0.4) is 0 Å². The lowest BCUT2D eigenvalue weighted by Crippen LogP contribution is -2.49. The molecule has 1 aliphatic rings. The minimum Gasteiger partial charge on any atom is -0.435 e. The first kappa shape index (κ1) is 20.2. The van der Waals surface area contributed by atoms with E-state index < -0.39 is 6.61 Å². The first-order valence-corrected chi connectivity index (χ1v) is 9.37. The van der Waals surface area contributed by atoms with Crippen molar-refractivity contribution in [2.75, 3.05) is 32.7 Å². The molecule has 0 spiro atoms. The number of rotatable bonds is 8. The number of hydrogen-bond donors (Lipinski definition) is 1. The number of carbonyl (C=O) groups is 1. The highest BCUT2D eigenvalue weighted by Gasteiger charge is 2.18. The van der Waals surface area contributed by atoms with Crippen molar-refractivity contribution in [3.05, 3.63) is 65.7 Å². The van der Waals surface area contributed by atoms with Crippen LogP contribution in [-0.2, 0) is 17.9 Å². The third-order valence-electron chi connectivity index (χ3n) is 4.72. The lowest BCUT2D eigenvalue weighted by Gasteiger charge is -2.34. The van der Waals surface area contributed by atoms with E-state index in [1.54, 1.807) is 12.1 Å². The zero-order valence-electron chi connectivity index (χ0n) is 15.7. The summed E-state index contributed by atoms with van der Waals surface area (Å²) in [6, 6.07) is 16.7. The van der Waals surface area contributed by atoms with Gasteiger partial charge in [-0.15, -0.1) is 0 Å². The third kappa shape index (κ3) is 6.58. The summed E-state index contributed by atoms with van der Waals surface area (Å²) in [7, 11) is 0. The topological polar surface area (TPSA) is 44.8 Å². The number of halogens is 2. The van der Waals surface area contributed by atoms with Crippen molar-refractivity contribution in [1.82, 2.24) is 15.1 Å². The van der Waals surface area contributed by atoms with Gasteiger partial charge in [-0.3, -0.25) is 14.6 Å². The molecule has 0 saturated carbocycles. The standard InChI is InChI=1S/C21H25F2N3O2/c22-21(23)28-19-8-6-17(7-9-19)14-24-20(27)16-26-12-10-25(11-13-26)15-18-4-2-1-3-5-18/h1-9,21H,10-16H2,(H,24,27). The van der Waals surface area contributed by atoms with Gasteiger partial charge in [-0.2, -0.15) is 8.78 Å². The molecule has 1 N–H and O–H groups in total. The predicted octanol–water partition coefficient (Wildman–Crippen LogP) is 2.72. The molecule has 0 aromatic heterocycles. The monoisotopic (exact) mass is 389 g/mol. The summed E-state index contributed by atoms with van der Waals surface area (Å²) in [4.78, 5) is 16.7. The van der Waals surface area contributed by atoms with Crippen LogP contribution in [0.25, 0.3) is 0 Å². The van der Waals surface area contributed by atoms with Crippen molar-refractivity contribution in [2.45, 2.75) is 19.7 Å². The zero-order chi connectivity index (χ0) is 19.8. The van der Waals surface area contributed by atoms with E-state index in [1.165, 1.54) is 17.7 Å². The number of ether oxygens (including phenoxy) is 1. The van der Waals surface area contributed by atoms with Crippen molar-refractivity contribution >= 4 is 5.91 Å². The van der Waals surface area contributed by atoms with E-state index >= 15 is 0 Å². The fourth-order valence-corrected chi connectivity index (χ4v) is 3.20. The molecule has 150 valence electrons. The van der Waals surface area contributed by atoms with Gasteiger partial charge >= 0.3 is 6.61 Å². The van der Waals surface area contributed by atoms with Crippen LogP contribution in [0.15, 0.2) is 54.6 Å². The van der Waals surface area contributed by atoms with Crippen molar-refractivity contribution < 1.29 is 18.3 Å². The van der Waals surface area contributed by atoms with Gasteiger partial charge in [-0.1, -0.05) is 42.5 Å². The van der Waals surface area contributed by atoms with E-state index in [2.05, 4.69) is 44.1 Å². The van der Waals surface area contributed by atoms with Crippen LogP contribution in [0.4, 0.5) is 8.78 Å². The number of carbonyl (C=O) groups excluding carboxylic acids is 1. The molecule has 5 nitrogen and oxygen atoms in total. The molecule has 1 saturated heterocycles. The highest BCUT2D eigenvalue weighted by Crippen LogP contribution is 2.14. The fourth-order valence-electron chi connectivity index (χ4n) is 3.20. The Morgan fingerprint density at radius 1 is 0.929 bits per heavy atom. The molecule has 0 atom stereocenters. The number of nitrogens with zero attached hydrogens (tertiary/aromatic N) is 2. The van der Waals surface area contributed by atoms with E-state index in [9.17, 15) is 13.6 Å². The maximum Gasteiger partial charge on any atom is 0.387 e. The van der Waals surface area contributed by atoms with Crippen molar-refractivity contribution in [2.24, 2.45) is 0 Å². The van der Waals surface area contributed by atoms with Gasteiger partial charge in [-0.05, 0) is 23.3 Å². The van der Waals surface area contributed by atoms with Gasteiger partial charge < -0.3 is 10.1 Å². The first-order chi connectivity index (χ1) is 13.6. The maximum atomic E-state index is 12.2. The molecule has 1 heterocycles. The number of hydrogen-bond acceptors (Lipinski definition) is 4. The van der Waals surface area contributed by atoms with Crippen LogP contribution in [0.2, 0.25) is 0 Å². The number of piperazine rings is 1. The van der Waals surface area contributed by atoms with Gasteiger partial charge in [0.1, 0.15) is 5.75 Å². The number of amides is 1. The van der Waals surface area contributed by atoms with Crippen LogP contribution >= 0.6 is 0 Å². The van der Waals surface area contributed by atoms with Gasteiger partial charge in [0.2, 0.25) is 5.91 Å². The molecular formula is C21H25F2N3O2. The molecule has 0 bridgehead atoms. The van der Waals surface area contributed by atoms with Crippen LogP contribution in [-0.4, -0.2) is 55.0 Å². The molecular weight excluding hydrogens is 364 g/mol. The molecule has 0 radical (unpaired) electrons. The largest absolute Gasteiger partial charge is 0.435 e. The summed E-state index contributed by atoms with van der Waals surface area (Å²) in [5.74, 6) is 0.0721. The number of alkyl halides is 2. The summed E-state index contributed by atoms with van der Waals surface area (Å²) in [6.07, 6.45) is 0. The lowest BCUT2D eigenvalue weighted by molar-refractivity contribution is -0.122. The number of benzene rings is 2. The molecule has 28 heavy (non-hydrogen) atoms. The molecule has 0 unspecified atom stereocenters. The van der Waals surface area contributed by atoms with E-state index in [1.807, 2.05) is 6.07 Å². The summed E-state index contributed by atoms with van der Waals surface area (Å²) in [5, 5.41) is 2.87. The second-order valence-corrected chi connectivity index (χ2v) is 6.84. The molecule has 3 rings (SSSR count). The Hall–Kier alpha value is -2.51.